The van der Waals surface area contributed by atoms with Crippen molar-refractivity contribution in [3.8, 4) is 0 Å². The number of anilines is 1. The van der Waals surface area contributed by atoms with Crippen LogP contribution in [0.5, 0.6) is 0 Å². The van der Waals surface area contributed by atoms with E-state index in [1.165, 1.54) is 11.5 Å². The van der Waals surface area contributed by atoms with Gasteiger partial charge in [0.2, 0.25) is 5.13 Å². The highest BCUT2D eigenvalue weighted by molar-refractivity contribution is 7.09. The predicted octanol–water partition coefficient (Wildman–Crippen LogP) is 3.05. The SMILES string of the molecule is CCCC(CCO)CNc1nc(C(C)(C)C)ns1. The second-order valence-electron chi connectivity index (χ2n) is 5.72. The average molecular weight is 271 g/mol. The Morgan fingerprint density at radius 3 is 2.56 bits per heavy atom. The molecule has 104 valence electrons. The monoisotopic (exact) mass is 271 g/mol. The summed E-state index contributed by atoms with van der Waals surface area (Å²) in [5, 5.41) is 13.2. The van der Waals surface area contributed by atoms with Crippen molar-refractivity contribution in [2.24, 2.45) is 5.92 Å². The maximum absolute atomic E-state index is 9.02. The predicted molar refractivity (Wildman–Crippen MR) is 77.2 cm³/mol. The molecule has 0 amide bonds. The zero-order valence-corrected chi connectivity index (χ0v) is 12.7. The van der Waals surface area contributed by atoms with Crippen LogP contribution in [-0.4, -0.2) is 27.6 Å². The van der Waals surface area contributed by atoms with E-state index in [2.05, 4.69) is 42.4 Å². The van der Waals surface area contributed by atoms with Crippen molar-refractivity contribution in [1.29, 1.82) is 0 Å². The fraction of sp³-hybridized carbons (Fsp3) is 0.846. The van der Waals surface area contributed by atoms with Crippen LogP contribution in [0.1, 0.15) is 52.8 Å². The normalized spacial score (nSPS) is 13.6. The molecule has 1 aromatic rings. The van der Waals surface area contributed by atoms with Gasteiger partial charge in [0.15, 0.2) is 0 Å². The van der Waals surface area contributed by atoms with Crippen LogP contribution in [0.25, 0.3) is 0 Å². The summed E-state index contributed by atoms with van der Waals surface area (Å²) in [6, 6.07) is 0. The summed E-state index contributed by atoms with van der Waals surface area (Å²) < 4.78 is 4.38. The van der Waals surface area contributed by atoms with Crippen molar-refractivity contribution < 1.29 is 5.11 Å². The molecule has 0 bridgehead atoms. The van der Waals surface area contributed by atoms with Crippen molar-refractivity contribution in [2.45, 2.75) is 52.4 Å². The van der Waals surface area contributed by atoms with Crippen LogP contribution in [0.4, 0.5) is 5.13 Å². The fourth-order valence-corrected chi connectivity index (χ4v) is 2.53. The number of aliphatic hydroxyl groups excluding tert-OH is 1. The largest absolute Gasteiger partial charge is 0.396 e. The third-order valence-electron chi connectivity index (χ3n) is 2.87. The topological polar surface area (TPSA) is 58.0 Å². The lowest BCUT2D eigenvalue weighted by Gasteiger charge is -2.15. The number of aromatic nitrogens is 2. The molecule has 0 aliphatic rings. The van der Waals surface area contributed by atoms with E-state index in [0.29, 0.717) is 5.92 Å². The summed E-state index contributed by atoms with van der Waals surface area (Å²) in [6.07, 6.45) is 3.14. The Kier molecular flexibility index (Phi) is 6.02. The van der Waals surface area contributed by atoms with Gasteiger partial charge in [-0.3, -0.25) is 0 Å². The Bertz CT molecular complexity index is 340. The molecule has 1 rings (SSSR count). The van der Waals surface area contributed by atoms with Gasteiger partial charge < -0.3 is 10.4 Å². The highest BCUT2D eigenvalue weighted by atomic mass is 32.1. The van der Waals surface area contributed by atoms with Crippen LogP contribution in [0, 0.1) is 5.92 Å². The molecule has 18 heavy (non-hydrogen) atoms. The minimum atomic E-state index is 0.00431. The van der Waals surface area contributed by atoms with Gasteiger partial charge in [0.1, 0.15) is 5.82 Å². The number of rotatable bonds is 7. The lowest BCUT2D eigenvalue weighted by atomic mass is 9.96. The first-order chi connectivity index (χ1) is 8.47. The molecule has 1 heterocycles. The molecule has 4 nitrogen and oxygen atoms in total. The van der Waals surface area contributed by atoms with Gasteiger partial charge in [0.25, 0.3) is 0 Å². The Morgan fingerprint density at radius 1 is 1.33 bits per heavy atom. The summed E-state index contributed by atoms with van der Waals surface area (Å²) >= 11 is 1.42. The van der Waals surface area contributed by atoms with Crippen LogP contribution in [-0.2, 0) is 5.41 Å². The van der Waals surface area contributed by atoms with E-state index in [1.807, 2.05) is 0 Å². The Balaban J connectivity index is 2.49. The molecule has 2 N–H and O–H groups in total. The minimum absolute atomic E-state index is 0.00431. The van der Waals surface area contributed by atoms with E-state index < -0.39 is 0 Å². The summed E-state index contributed by atoms with van der Waals surface area (Å²) in [5.41, 5.74) is 0.00431. The summed E-state index contributed by atoms with van der Waals surface area (Å²) in [5.74, 6) is 1.41. The fourth-order valence-electron chi connectivity index (χ4n) is 1.77. The standard InChI is InChI=1S/C13H25N3OS/c1-5-6-10(7-8-17)9-14-12-15-11(16-18-12)13(2,3)4/h10,17H,5-9H2,1-4H3,(H,14,15,16). The number of nitrogens with one attached hydrogen (secondary N) is 1. The number of hydrogen-bond acceptors (Lipinski definition) is 5. The van der Waals surface area contributed by atoms with Gasteiger partial charge in [0.05, 0.1) is 0 Å². The van der Waals surface area contributed by atoms with Crippen LogP contribution < -0.4 is 5.32 Å². The van der Waals surface area contributed by atoms with Crippen LogP contribution in [0.2, 0.25) is 0 Å². The molecule has 0 saturated heterocycles. The third kappa shape index (κ3) is 4.90. The van der Waals surface area contributed by atoms with E-state index >= 15 is 0 Å². The number of nitrogens with zero attached hydrogens (tertiary/aromatic N) is 2. The first-order valence-corrected chi connectivity index (χ1v) is 7.43. The summed E-state index contributed by atoms with van der Waals surface area (Å²) in [6.45, 7) is 9.65. The highest BCUT2D eigenvalue weighted by Gasteiger charge is 2.19. The van der Waals surface area contributed by atoms with Crippen LogP contribution in [0.15, 0.2) is 0 Å². The molecule has 0 aliphatic carbocycles. The van der Waals surface area contributed by atoms with Crippen molar-refractivity contribution in [1.82, 2.24) is 9.36 Å². The summed E-state index contributed by atoms with van der Waals surface area (Å²) in [7, 11) is 0. The molecule has 0 aromatic carbocycles. The zero-order valence-electron chi connectivity index (χ0n) is 11.9. The molecule has 0 radical (unpaired) electrons. The maximum Gasteiger partial charge on any atom is 0.202 e. The van der Waals surface area contributed by atoms with Crippen molar-refractivity contribution >= 4 is 16.7 Å². The summed E-state index contributed by atoms with van der Waals surface area (Å²) in [4.78, 5) is 4.51. The molecule has 1 aromatic heterocycles. The van der Waals surface area contributed by atoms with Crippen molar-refractivity contribution in [3.05, 3.63) is 5.82 Å². The molecular formula is C13H25N3OS. The van der Waals surface area contributed by atoms with E-state index in [1.54, 1.807) is 0 Å². The van der Waals surface area contributed by atoms with Crippen molar-refractivity contribution in [2.75, 3.05) is 18.5 Å². The van der Waals surface area contributed by atoms with Gasteiger partial charge in [-0.2, -0.15) is 4.37 Å². The average Bonchev–Trinajstić information content (AvgIpc) is 2.75. The van der Waals surface area contributed by atoms with Gasteiger partial charge >= 0.3 is 0 Å². The van der Waals surface area contributed by atoms with Crippen molar-refractivity contribution in [3.63, 3.8) is 0 Å². The second-order valence-corrected chi connectivity index (χ2v) is 6.47. The zero-order chi connectivity index (χ0) is 13.6. The molecule has 0 aliphatic heterocycles. The molecule has 1 atom stereocenters. The van der Waals surface area contributed by atoms with E-state index in [-0.39, 0.29) is 12.0 Å². The molecular weight excluding hydrogens is 246 g/mol. The number of hydrogen-bond donors (Lipinski definition) is 2. The smallest absolute Gasteiger partial charge is 0.202 e. The second kappa shape index (κ2) is 7.04. The van der Waals surface area contributed by atoms with Gasteiger partial charge in [-0.15, -0.1) is 0 Å². The Morgan fingerprint density at radius 2 is 2.06 bits per heavy atom. The van der Waals surface area contributed by atoms with Crippen LogP contribution in [0.3, 0.4) is 0 Å². The lowest BCUT2D eigenvalue weighted by molar-refractivity contribution is 0.255. The maximum atomic E-state index is 9.02. The van der Waals surface area contributed by atoms with Gasteiger partial charge in [-0.05, 0) is 18.8 Å². The molecule has 5 heteroatoms. The van der Waals surface area contributed by atoms with Crippen LogP contribution >= 0.6 is 11.5 Å². The van der Waals surface area contributed by atoms with Gasteiger partial charge in [-0.25, -0.2) is 4.98 Å². The lowest BCUT2D eigenvalue weighted by Crippen LogP contribution is -2.16. The van der Waals surface area contributed by atoms with E-state index in [0.717, 1.165) is 36.8 Å². The van der Waals surface area contributed by atoms with Gasteiger partial charge in [0, 0.05) is 30.1 Å². The molecule has 1 unspecified atom stereocenters. The molecule has 0 spiro atoms. The minimum Gasteiger partial charge on any atom is -0.396 e. The van der Waals surface area contributed by atoms with E-state index in [4.69, 9.17) is 5.11 Å². The Hall–Kier alpha value is -0.680. The van der Waals surface area contributed by atoms with E-state index in [9.17, 15) is 0 Å². The third-order valence-corrected chi connectivity index (χ3v) is 3.55. The molecule has 0 fully saturated rings. The first-order valence-electron chi connectivity index (χ1n) is 6.66. The Labute approximate surface area is 114 Å². The van der Waals surface area contributed by atoms with Gasteiger partial charge in [-0.1, -0.05) is 34.1 Å². The number of aliphatic hydroxyl groups is 1. The quantitative estimate of drug-likeness (QED) is 0.800. The first kappa shape index (κ1) is 15.4. The molecule has 0 saturated carbocycles. The highest BCUT2D eigenvalue weighted by Crippen LogP contribution is 2.23.